The lowest BCUT2D eigenvalue weighted by Gasteiger charge is -2.08. The maximum absolute atomic E-state index is 13.0. The highest BCUT2D eigenvalue weighted by Gasteiger charge is 2.30. The van der Waals surface area contributed by atoms with Crippen LogP contribution in [0, 0.1) is 5.82 Å². The van der Waals surface area contributed by atoms with E-state index < -0.39 is 35.9 Å². The van der Waals surface area contributed by atoms with Gasteiger partial charge in [0.2, 0.25) is 0 Å². The second-order valence-electron chi connectivity index (χ2n) is 2.86. The average Bonchev–Trinajstić information content (AvgIpc) is 2.13. The van der Waals surface area contributed by atoms with Gasteiger partial charge in [-0.05, 0) is 12.1 Å². The molecule has 0 aliphatic carbocycles. The molecule has 0 bridgehead atoms. The molecule has 88 valence electrons. The van der Waals surface area contributed by atoms with Crippen LogP contribution in [0.2, 0.25) is 0 Å². The standard InChI is InChI=1S/C9H6F4O3/c10-7-3-5(14)1-2-6(7)8(15)16-4-9(11,12)13/h1-3,14H,4H2. The van der Waals surface area contributed by atoms with Crippen LogP contribution in [0.15, 0.2) is 18.2 Å². The Morgan fingerprint density at radius 1 is 1.38 bits per heavy atom. The summed E-state index contributed by atoms with van der Waals surface area (Å²) >= 11 is 0. The molecule has 3 nitrogen and oxygen atoms in total. The first-order valence-electron chi connectivity index (χ1n) is 4.02. The second kappa shape index (κ2) is 4.38. The minimum atomic E-state index is -4.66. The largest absolute Gasteiger partial charge is 0.508 e. The molecule has 16 heavy (non-hydrogen) atoms. The van der Waals surface area contributed by atoms with Gasteiger partial charge in [0.05, 0.1) is 5.56 Å². The summed E-state index contributed by atoms with van der Waals surface area (Å²) in [5, 5.41) is 8.81. The maximum Gasteiger partial charge on any atom is 0.422 e. The van der Waals surface area contributed by atoms with E-state index in [-0.39, 0.29) is 0 Å². The summed E-state index contributed by atoms with van der Waals surface area (Å²) in [6.45, 7) is -1.79. The van der Waals surface area contributed by atoms with Gasteiger partial charge in [0.25, 0.3) is 0 Å². The SMILES string of the molecule is O=C(OCC(F)(F)F)c1ccc(O)cc1F. The highest BCUT2D eigenvalue weighted by atomic mass is 19.4. The Labute approximate surface area is 87.3 Å². The highest BCUT2D eigenvalue weighted by molar-refractivity contribution is 5.89. The molecule has 0 aliphatic heterocycles. The predicted octanol–water partition coefficient (Wildman–Crippen LogP) is 2.25. The summed E-state index contributed by atoms with van der Waals surface area (Å²) in [6, 6.07) is 2.40. The van der Waals surface area contributed by atoms with E-state index in [9.17, 15) is 22.4 Å². The molecule has 0 aromatic heterocycles. The number of carbonyl (C=O) groups excluding carboxylic acids is 1. The van der Waals surface area contributed by atoms with Crippen molar-refractivity contribution in [2.24, 2.45) is 0 Å². The van der Waals surface area contributed by atoms with Gasteiger partial charge in [-0.2, -0.15) is 13.2 Å². The van der Waals surface area contributed by atoms with Gasteiger partial charge >= 0.3 is 12.1 Å². The van der Waals surface area contributed by atoms with Gasteiger partial charge < -0.3 is 9.84 Å². The van der Waals surface area contributed by atoms with Crippen molar-refractivity contribution in [2.75, 3.05) is 6.61 Å². The first-order chi connectivity index (χ1) is 7.29. The van der Waals surface area contributed by atoms with Crippen LogP contribution in [0.25, 0.3) is 0 Å². The van der Waals surface area contributed by atoms with Crippen LogP contribution in [0.5, 0.6) is 5.75 Å². The van der Waals surface area contributed by atoms with Crippen molar-refractivity contribution in [2.45, 2.75) is 6.18 Å². The molecule has 0 saturated heterocycles. The van der Waals surface area contributed by atoms with E-state index in [0.29, 0.717) is 6.07 Å². The summed E-state index contributed by atoms with van der Waals surface area (Å²) in [5.74, 6) is -3.02. The van der Waals surface area contributed by atoms with E-state index in [2.05, 4.69) is 4.74 Å². The maximum atomic E-state index is 13.0. The van der Waals surface area contributed by atoms with Gasteiger partial charge in [-0.1, -0.05) is 0 Å². The number of ether oxygens (including phenoxy) is 1. The lowest BCUT2D eigenvalue weighted by atomic mass is 10.2. The Morgan fingerprint density at radius 3 is 2.50 bits per heavy atom. The molecule has 1 N–H and O–H groups in total. The molecular formula is C9H6F4O3. The molecule has 0 atom stereocenters. The van der Waals surface area contributed by atoms with Crippen molar-refractivity contribution in [1.29, 1.82) is 0 Å². The molecule has 0 unspecified atom stereocenters. The number of alkyl halides is 3. The third-order valence-electron chi connectivity index (χ3n) is 1.54. The summed E-state index contributed by atoms with van der Waals surface area (Å²) in [6.07, 6.45) is -4.66. The zero-order chi connectivity index (χ0) is 12.3. The number of phenols is 1. The Balaban J connectivity index is 2.74. The quantitative estimate of drug-likeness (QED) is 0.634. The Hall–Kier alpha value is -1.79. The molecule has 0 spiro atoms. The van der Waals surface area contributed by atoms with Crippen LogP contribution in [-0.4, -0.2) is 23.9 Å². The van der Waals surface area contributed by atoms with Crippen molar-refractivity contribution in [3.8, 4) is 5.75 Å². The summed E-state index contributed by atoms with van der Waals surface area (Å²) in [7, 11) is 0. The topological polar surface area (TPSA) is 46.5 Å². The predicted molar refractivity (Wildman–Crippen MR) is 44.4 cm³/mol. The molecular weight excluding hydrogens is 232 g/mol. The van der Waals surface area contributed by atoms with Crippen molar-refractivity contribution in [3.05, 3.63) is 29.6 Å². The minimum Gasteiger partial charge on any atom is -0.508 e. The van der Waals surface area contributed by atoms with E-state index in [4.69, 9.17) is 5.11 Å². The fourth-order valence-corrected chi connectivity index (χ4v) is 0.895. The zero-order valence-electron chi connectivity index (χ0n) is 7.71. The van der Waals surface area contributed by atoms with E-state index >= 15 is 0 Å². The first kappa shape index (κ1) is 12.3. The van der Waals surface area contributed by atoms with Crippen LogP contribution >= 0.6 is 0 Å². The number of carbonyl (C=O) groups is 1. The minimum absolute atomic E-state index is 0.440. The van der Waals surface area contributed by atoms with Gasteiger partial charge in [-0.15, -0.1) is 0 Å². The van der Waals surface area contributed by atoms with Crippen LogP contribution in [0.4, 0.5) is 17.6 Å². The monoisotopic (exact) mass is 238 g/mol. The molecule has 1 rings (SSSR count). The molecule has 7 heteroatoms. The lowest BCUT2D eigenvalue weighted by Crippen LogP contribution is -2.20. The van der Waals surface area contributed by atoms with Crippen LogP contribution in [0.3, 0.4) is 0 Å². The number of halogens is 4. The number of esters is 1. The molecule has 0 fully saturated rings. The Morgan fingerprint density at radius 2 is 2.00 bits per heavy atom. The lowest BCUT2D eigenvalue weighted by molar-refractivity contribution is -0.161. The van der Waals surface area contributed by atoms with Crippen LogP contribution in [0.1, 0.15) is 10.4 Å². The van der Waals surface area contributed by atoms with Crippen molar-refractivity contribution < 1.29 is 32.2 Å². The number of rotatable bonds is 2. The van der Waals surface area contributed by atoms with Gasteiger partial charge in [0.1, 0.15) is 11.6 Å². The summed E-state index contributed by atoms with van der Waals surface area (Å²) in [4.78, 5) is 11.0. The smallest absolute Gasteiger partial charge is 0.422 e. The van der Waals surface area contributed by atoms with E-state index in [1.807, 2.05) is 0 Å². The van der Waals surface area contributed by atoms with Crippen molar-refractivity contribution in [1.82, 2.24) is 0 Å². The molecule has 0 amide bonds. The molecule has 1 aromatic rings. The van der Waals surface area contributed by atoms with E-state index in [1.54, 1.807) is 0 Å². The van der Waals surface area contributed by atoms with Gasteiger partial charge in [0, 0.05) is 6.07 Å². The fourth-order valence-electron chi connectivity index (χ4n) is 0.895. The van der Waals surface area contributed by atoms with Gasteiger partial charge in [-0.25, -0.2) is 9.18 Å². The summed E-state index contributed by atoms with van der Waals surface area (Å²) < 4.78 is 51.9. The number of benzene rings is 1. The molecule has 0 aliphatic rings. The Kier molecular flexibility index (Phi) is 3.36. The van der Waals surface area contributed by atoms with Gasteiger partial charge in [-0.3, -0.25) is 0 Å². The van der Waals surface area contributed by atoms with Crippen LogP contribution in [-0.2, 0) is 4.74 Å². The molecule has 0 saturated carbocycles. The van der Waals surface area contributed by atoms with E-state index in [0.717, 1.165) is 12.1 Å². The highest BCUT2D eigenvalue weighted by Crippen LogP contribution is 2.18. The number of hydrogen-bond acceptors (Lipinski definition) is 3. The third-order valence-corrected chi connectivity index (χ3v) is 1.54. The van der Waals surface area contributed by atoms with Crippen molar-refractivity contribution in [3.63, 3.8) is 0 Å². The number of phenolic OH excluding ortho intramolecular Hbond substituents is 1. The Bertz CT molecular complexity index is 400. The molecule has 1 aromatic carbocycles. The average molecular weight is 238 g/mol. The van der Waals surface area contributed by atoms with Crippen molar-refractivity contribution >= 4 is 5.97 Å². The second-order valence-corrected chi connectivity index (χ2v) is 2.86. The number of hydrogen-bond donors (Lipinski definition) is 1. The zero-order valence-corrected chi connectivity index (χ0v) is 7.71. The van der Waals surface area contributed by atoms with Gasteiger partial charge in [0.15, 0.2) is 6.61 Å². The molecule has 0 heterocycles. The third kappa shape index (κ3) is 3.41. The normalized spacial score (nSPS) is 11.2. The summed E-state index contributed by atoms with van der Waals surface area (Å²) in [5.41, 5.74) is -0.665. The fraction of sp³-hybridized carbons (Fsp3) is 0.222. The van der Waals surface area contributed by atoms with E-state index in [1.165, 1.54) is 0 Å². The van der Waals surface area contributed by atoms with Crippen LogP contribution < -0.4 is 0 Å². The first-order valence-corrected chi connectivity index (χ1v) is 4.02. The molecule has 0 radical (unpaired) electrons. The number of aromatic hydroxyl groups is 1.